The number of ketones is 1. The van der Waals surface area contributed by atoms with Crippen molar-refractivity contribution in [1.29, 1.82) is 0 Å². The molecule has 0 bridgehead atoms. The van der Waals surface area contributed by atoms with Crippen molar-refractivity contribution in [3.8, 4) is 0 Å². The SMILES string of the molecule is O=C1C=C(Nc2ccccc2NC2=CC(=O)N(CCO)C2=O)CC(c2ccccc2)C1. The number of nitrogens with zero attached hydrogens (tertiary/aromatic N) is 1. The van der Waals surface area contributed by atoms with Crippen LogP contribution in [-0.2, 0) is 14.4 Å². The van der Waals surface area contributed by atoms with Crippen molar-refractivity contribution in [3.63, 3.8) is 0 Å². The van der Waals surface area contributed by atoms with Crippen LogP contribution in [0.1, 0.15) is 24.3 Å². The van der Waals surface area contributed by atoms with Crippen LogP contribution in [0.4, 0.5) is 11.4 Å². The molecule has 0 aromatic heterocycles. The molecular formula is C24H23N3O4. The first-order valence-corrected chi connectivity index (χ1v) is 10.1. The first-order chi connectivity index (χ1) is 15.0. The Kier molecular flexibility index (Phi) is 5.95. The molecule has 0 spiro atoms. The minimum absolute atomic E-state index is 0.0465. The van der Waals surface area contributed by atoms with E-state index in [1.165, 1.54) is 6.08 Å². The second-order valence-electron chi connectivity index (χ2n) is 7.52. The third-order valence-electron chi connectivity index (χ3n) is 5.34. The summed E-state index contributed by atoms with van der Waals surface area (Å²) >= 11 is 0. The number of aliphatic hydroxyl groups excluding tert-OH is 1. The molecule has 1 atom stereocenters. The smallest absolute Gasteiger partial charge is 0.277 e. The Morgan fingerprint density at radius 3 is 2.26 bits per heavy atom. The van der Waals surface area contributed by atoms with Gasteiger partial charge >= 0.3 is 0 Å². The highest BCUT2D eigenvalue weighted by Gasteiger charge is 2.31. The average molecular weight is 417 g/mol. The lowest BCUT2D eigenvalue weighted by Gasteiger charge is -2.24. The maximum absolute atomic E-state index is 12.4. The number of imide groups is 1. The van der Waals surface area contributed by atoms with Gasteiger partial charge in [-0.2, -0.15) is 0 Å². The van der Waals surface area contributed by atoms with E-state index in [0.29, 0.717) is 24.2 Å². The summed E-state index contributed by atoms with van der Waals surface area (Å²) in [5.41, 5.74) is 3.36. The van der Waals surface area contributed by atoms with Gasteiger partial charge in [-0.05, 0) is 30.0 Å². The third kappa shape index (κ3) is 4.57. The van der Waals surface area contributed by atoms with Gasteiger partial charge in [0.2, 0.25) is 0 Å². The molecule has 0 saturated carbocycles. The Bertz CT molecular complexity index is 1080. The number of para-hydroxylation sites is 2. The lowest BCUT2D eigenvalue weighted by atomic mass is 9.85. The highest BCUT2D eigenvalue weighted by atomic mass is 16.3. The Morgan fingerprint density at radius 1 is 0.871 bits per heavy atom. The van der Waals surface area contributed by atoms with Crippen LogP contribution in [0.2, 0.25) is 0 Å². The second kappa shape index (κ2) is 8.97. The van der Waals surface area contributed by atoms with Crippen molar-refractivity contribution in [3.05, 3.63) is 83.7 Å². The molecule has 158 valence electrons. The van der Waals surface area contributed by atoms with Gasteiger partial charge < -0.3 is 15.7 Å². The summed E-state index contributed by atoms with van der Waals surface area (Å²) in [6, 6.07) is 17.2. The molecule has 3 N–H and O–H groups in total. The second-order valence-corrected chi connectivity index (χ2v) is 7.52. The summed E-state index contributed by atoms with van der Waals surface area (Å²) in [5.74, 6) is -0.777. The monoisotopic (exact) mass is 417 g/mol. The van der Waals surface area contributed by atoms with Crippen LogP contribution < -0.4 is 10.6 Å². The van der Waals surface area contributed by atoms with Crippen LogP contribution in [0, 0.1) is 0 Å². The quantitative estimate of drug-likeness (QED) is 0.599. The predicted octanol–water partition coefficient (Wildman–Crippen LogP) is 2.79. The number of benzene rings is 2. The van der Waals surface area contributed by atoms with Gasteiger partial charge in [0.25, 0.3) is 11.8 Å². The summed E-state index contributed by atoms with van der Waals surface area (Å²) in [6.07, 6.45) is 4.01. The first kappa shape index (κ1) is 20.6. The van der Waals surface area contributed by atoms with Crippen molar-refractivity contribution < 1.29 is 19.5 Å². The molecule has 7 heteroatoms. The van der Waals surface area contributed by atoms with Crippen molar-refractivity contribution in [2.24, 2.45) is 0 Å². The van der Waals surface area contributed by atoms with Crippen LogP contribution >= 0.6 is 0 Å². The van der Waals surface area contributed by atoms with E-state index in [0.717, 1.165) is 16.2 Å². The van der Waals surface area contributed by atoms with E-state index in [1.807, 2.05) is 48.5 Å². The standard InChI is InChI=1S/C24H23N3O4/c28-11-10-27-23(30)15-22(24(27)31)26-21-9-5-4-8-20(21)25-18-12-17(13-19(29)14-18)16-6-2-1-3-7-16/h1-9,14-15,17,25-26,28H,10-13H2. The van der Waals surface area contributed by atoms with E-state index in [4.69, 9.17) is 5.11 Å². The molecule has 2 aliphatic rings. The largest absolute Gasteiger partial charge is 0.395 e. The number of hydrogen-bond acceptors (Lipinski definition) is 6. The Labute approximate surface area is 180 Å². The summed E-state index contributed by atoms with van der Waals surface area (Å²) in [6.45, 7) is -0.337. The highest BCUT2D eigenvalue weighted by molar-refractivity contribution is 6.17. The van der Waals surface area contributed by atoms with E-state index in [9.17, 15) is 14.4 Å². The normalized spacial score (nSPS) is 18.7. The molecule has 31 heavy (non-hydrogen) atoms. The number of β-amino-alcohol motifs (C(OH)–C–C–N with tert-alkyl or cyclic N) is 1. The van der Waals surface area contributed by atoms with Gasteiger partial charge in [0.1, 0.15) is 5.70 Å². The fourth-order valence-electron chi connectivity index (χ4n) is 3.87. The van der Waals surface area contributed by atoms with Crippen LogP contribution in [0.15, 0.2) is 78.1 Å². The molecule has 1 aliphatic carbocycles. The van der Waals surface area contributed by atoms with E-state index >= 15 is 0 Å². The van der Waals surface area contributed by atoms with Gasteiger partial charge in [-0.25, -0.2) is 0 Å². The van der Waals surface area contributed by atoms with Crippen molar-refractivity contribution in [2.45, 2.75) is 18.8 Å². The zero-order valence-corrected chi connectivity index (χ0v) is 16.9. The maximum atomic E-state index is 12.4. The Balaban J connectivity index is 1.52. The van der Waals surface area contributed by atoms with Gasteiger partial charge in [0.15, 0.2) is 5.78 Å². The minimum Gasteiger partial charge on any atom is -0.395 e. The molecule has 7 nitrogen and oxygen atoms in total. The van der Waals surface area contributed by atoms with Gasteiger partial charge in [-0.15, -0.1) is 0 Å². The molecule has 0 radical (unpaired) electrons. The average Bonchev–Trinajstić information content (AvgIpc) is 3.03. The first-order valence-electron chi connectivity index (χ1n) is 10.1. The van der Waals surface area contributed by atoms with Gasteiger partial charge in [0, 0.05) is 24.3 Å². The molecule has 1 heterocycles. The number of anilines is 2. The summed E-state index contributed by atoms with van der Waals surface area (Å²) < 4.78 is 0. The van der Waals surface area contributed by atoms with E-state index < -0.39 is 11.8 Å². The number of allylic oxidation sites excluding steroid dienone is 2. The molecule has 2 aromatic carbocycles. The maximum Gasteiger partial charge on any atom is 0.277 e. The van der Waals surface area contributed by atoms with E-state index in [1.54, 1.807) is 12.1 Å². The minimum atomic E-state index is -0.481. The topological polar surface area (TPSA) is 98.7 Å². The zero-order valence-electron chi connectivity index (χ0n) is 16.9. The number of aliphatic hydroxyl groups is 1. The predicted molar refractivity (Wildman–Crippen MR) is 117 cm³/mol. The van der Waals surface area contributed by atoms with Crippen LogP contribution in [-0.4, -0.2) is 40.8 Å². The number of carbonyl (C=O) groups excluding carboxylic acids is 3. The van der Waals surface area contributed by atoms with E-state index in [-0.39, 0.29) is 30.5 Å². The molecular weight excluding hydrogens is 394 g/mol. The molecule has 1 aliphatic heterocycles. The number of hydrogen-bond donors (Lipinski definition) is 3. The highest BCUT2D eigenvalue weighted by Crippen LogP contribution is 2.33. The molecule has 2 aromatic rings. The third-order valence-corrected chi connectivity index (χ3v) is 5.34. The molecule has 1 unspecified atom stereocenters. The lowest BCUT2D eigenvalue weighted by Crippen LogP contribution is -2.34. The van der Waals surface area contributed by atoms with Crippen molar-refractivity contribution >= 4 is 29.0 Å². The Morgan fingerprint density at radius 2 is 1.55 bits per heavy atom. The summed E-state index contributed by atoms with van der Waals surface area (Å²) in [5, 5.41) is 15.4. The number of carbonyl (C=O) groups is 3. The number of rotatable bonds is 7. The summed E-state index contributed by atoms with van der Waals surface area (Å²) in [7, 11) is 0. The zero-order chi connectivity index (χ0) is 21.8. The Hall–Kier alpha value is -3.71. The fraction of sp³-hybridized carbons (Fsp3) is 0.208. The van der Waals surface area contributed by atoms with Crippen LogP contribution in [0.5, 0.6) is 0 Å². The van der Waals surface area contributed by atoms with Crippen molar-refractivity contribution in [1.82, 2.24) is 4.90 Å². The summed E-state index contributed by atoms with van der Waals surface area (Å²) in [4.78, 5) is 37.8. The fourth-order valence-corrected chi connectivity index (χ4v) is 3.87. The van der Waals surface area contributed by atoms with Crippen LogP contribution in [0.3, 0.4) is 0 Å². The number of nitrogens with one attached hydrogen (secondary N) is 2. The molecule has 2 amide bonds. The van der Waals surface area contributed by atoms with Crippen molar-refractivity contribution in [2.75, 3.05) is 23.8 Å². The van der Waals surface area contributed by atoms with Gasteiger partial charge in [-0.3, -0.25) is 19.3 Å². The lowest BCUT2D eigenvalue weighted by molar-refractivity contribution is -0.137. The molecule has 0 saturated heterocycles. The van der Waals surface area contributed by atoms with E-state index in [2.05, 4.69) is 10.6 Å². The van der Waals surface area contributed by atoms with Crippen LogP contribution in [0.25, 0.3) is 0 Å². The number of amides is 2. The molecule has 0 fully saturated rings. The van der Waals surface area contributed by atoms with Gasteiger partial charge in [0.05, 0.1) is 24.5 Å². The van der Waals surface area contributed by atoms with Gasteiger partial charge in [-0.1, -0.05) is 42.5 Å². The molecule has 4 rings (SSSR count).